The first-order valence-electron chi connectivity index (χ1n) is 20.0. The van der Waals surface area contributed by atoms with Crippen LogP contribution in [0, 0.1) is 5.92 Å². The molecule has 7 N–H and O–H groups in total. The number of urea groups is 1. The van der Waals surface area contributed by atoms with E-state index in [1.165, 1.54) is 7.11 Å². The first-order valence-corrected chi connectivity index (χ1v) is 20.0. The Morgan fingerprint density at radius 2 is 1.42 bits per heavy atom. The van der Waals surface area contributed by atoms with Crippen LogP contribution < -0.4 is 32.3 Å². The average Bonchev–Trinajstić information content (AvgIpc) is 3.52. The van der Waals surface area contributed by atoms with Crippen LogP contribution >= 0.6 is 0 Å². The second-order valence-corrected chi connectivity index (χ2v) is 14.7. The molecule has 2 fully saturated rings. The number of carbonyl (C=O) groups excluding carboxylic acids is 8. The fourth-order valence-corrected chi connectivity index (χ4v) is 6.29. The van der Waals surface area contributed by atoms with E-state index in [2.05, 4.69) is 31.5 Å². The van der Waals surface area contributed by atoms with E-state index < -0.39 is 41.9 Å². The van der Waals surface area contributed by atoms with Gasteiger partial charge in [-0.3, -0.25) is 38.5 Å². The number of nitrogens with two attached hydrogens (primary N) is 1. The van der Waals surface area contributed by atoms with Crippen LogP contribution in [0.1, 0.15) is 64.0 Å². The summed E-state index contributed by atoms with van der Waals surface area (Å²) in [6.07, 6.45) is -0.0227. The molecule has 1 aromatic rings. The molecule has 3 rings (SSSR count). The van der Waals surface area contributed by atoms with Crippen molar-refractivity contribution in [2.75, 3.05) is 91.7 Å². The molecule has 9 amide bonds. The summed E-state index contributed by atoms with van der Waals surface area (Å²) >= 11 is 0. The minimum atomic E-state index is -1.04. The number of hydrogen-bond acceptors (Lipinski definition) is 12. The zero-order chi connectivity index (χ0) is 43.3. The number of rotatable bonds is 25. The van der Waals surface area contributed by atoms with E-state index >= 15 is 0 Å². The lowest BCUT2D eigenvalue weighted by Gasteiger charge is -2.34. The van der Waals surface area contributed by atoms with Crippen LogP contribution in [0.5, 0.6) is 0 Å². The summed E-state index contributed by atoms with van der Waals surface area (Å²) in [4.78, 5) is 105. The molecule has 328 valence electrons. The van der Waals surface area contributed by atoms with Crippen molar-refractivity contribution in [2.24, 2.45) is 11.7 Å². The Morgan fingerprint density at radius 3 is 2.03 bits per heavy atom. The number of nitrogens with zero attached hydrogens (tertiary/aromatic N) is 3. The molecule has 20 heteroatoms. The first kappa shape index (κ1) is 48.2. The number of nitrogens with one attached hydrogen (secondary N) is 5. The Bertz CT molecular complexity index is 1570. The zero-order valence-corrected chi connectivity index (χ0v) is 34.5. The average molecular weight is 832 g/mol. The van der Waals surface area contributed by atoms with Crippen LogP contribution in [0.25, 0.3) is 0 Å². The van der Waals surface area contributed by atoms with E-state index in [4.69, 9.17) is 19.9 Å². The second kappa shape index (κ2) is 25.3. The van der Waals surface area contributed by atoms with E-state index in [0.717, 1.165) is 18.0 Å². The van der Waals surface area contributed by atoms with Gasteiger partial charge in [-0.2, -0.15) is 0 Å². The van der Waals surface area contributed by atoms with Gasteiger partial charge in [0.05, 0.1) is 26.4 Å². The minimum absolute atomic E-state index is 0.0167. The summed E-state index contributed by atoms with van der Waals surface area (Å²) in [5.74, 6) is -2.85. The third-order valence-electron chi connectivity index (χ3n) is 9.75. The molecule has 0 aliphatic carbocycles. The third kappa shape index (κ3) is 16.9. The third-order valence-corrected chi connectivity index (χ3v) is 9.75. The fourth-order valence-electron chi connectivity index (χ4n) is 6.29. The van der Waals surface area contributed by atoms with Crippen LogP contribution in [0.2, 0.25) is 0 Å². The summed E-state index contributed by atoms with van der Waals surface area (Å²) in [6.45, 7) is 7.36. The Morgan fingerprint density at radius 1 is 0.780 bits per heavy atom. The topological polar surface area (TPSA) is 260 Å². The molecule has 2 aliphatic heterocycles. The number of anilines is 1. The standard InChI is InChI=1S/C39H61N9O11/c1-26(2)34(45-31(50)14-22-58-24-25-59-23-16-41-30(49)13-17-48-32(51)11-12-33(48)52)37(54)44-29(6-5-15-42-39(40)56)36(53)43-28-9-7-27(8-10-28)35(57-4)38(55)47-20-18-46(3)19-21-47/h7-10,26,29,34-35H,5-6,11-25H2,1-4H3,(H,41,49)(H,43,53)(H,44,54)(H,45,50)(H3,40,42,56)/t29-,34-,35?/m0/s1. The zero-order valence-electron chi connectivity index (χ0n) is 34.5. The molecule has 2 heterocycles. The van der Waals surface area contributed by atoms with Gasteiger partial charge >= 0.3 is 6.03 Å². The van der Waals surface area contributed by atoms with Crippen molar-refractivity contribution in [2.45, 2.75) is 70.6 Å². The molecule has 1 aromatic carbocycles. The highest BCUT2D eigenvalue weighted by Crippen LogP contribution is 2.23. The maximum atomic E-state index is 13.5. The molecular formula is C39H61N9O11. The largest absolute Gasteiger partial charge is 0.379 e. The Hall–Kier alpha value is -5.18. The number of primary amides is 1. The number of benzene rings is 1. The van der Waals surface area contributed by atoms with E-state index in [0.29, 0.717) is 30.8 Å². The molecule has 1 unspecified atom stereocenters. The van der Waals surface area contributed by atoms with E-state index in [1.54, 1.807) is 43.0 Å². The van der Waals surface area contributed by atoms with Crippen molar-refractivity contribution in [3.05, 3.63) is 29.8 Å². The van der Waals surface area contributed by atoms with Crippen molar-refractivity contribution < 1.29 is 52.6 Å². The van der Waals surface area contributed by atoms with Gasteiger partial charge in [-0.1, -0.05) is 26.0 Å². The summed E-state index contributed by atoms with van der Waals surface area (Å²) in [5, 5.41) is 13.4. The van der Waals surface area contributed by atoms with Gasteiger partial charge in [0.1, 0.15) is 12.1 Å². The molecular weight excluding hydrogens is 770 g/mol. The number of amides is 9. The molecule has 2 saturated heterocycles. The fraction of sp³-hybridized carbons (Fsp3) is 0.641. The summed E-state index contributed by atoms with van der Waals surface area (Å²) in [6, 6.07) is 3.94. The van der Waals surface area contributed by atoms with Gasteiger partial charge in [-0.25, -0.2) is 4.79 Å². The quantitative estimate of drug-likeness (QED) is 0.0525. The lowest BCUT2D eigenvalue weighted by atomic mass is 10.0. The molecule has 0 aromatic heterocycles. The van der Waals surface area contributed by atoms with Gasteiger partial charge in [0.25, 0.3) is 5.91 Å². The van der Waals surface area contributed by atoms with E-state index in [1.807, 2.05) is 7.05 Å². The number of imide groups is 1. The molecule has 59 heavy (non-hydrogen) atoms. The molecule has 20 nitrogen and oxygen atoms in total. The van der Waals surface area contributed by atoms with Gasteiger partial charge in [-0.15, -0.1) is 0 Å². The summed E-state index contributed by atoms with van der Waals surface area (Å²) < 4.78 is 16.5. The number of hydrogen-bond donors (Lipinski definition) is 6. The van der Waals surface area contributed by atoms with Gasteiger partial charge in [-0.05, 0) is 43.5 Å². The Kier molecular flexibility index (Phi) is 20.7. The highest BCUT2D eigenvalue weighted by Gasteiger charge is 2.31. The maximum absolute atomic E-state index is 13.5. The van der Waals surface area contributed by atoms with Crippen molar-refractivity contribution in [1.29, 1.82) is 0 Å². The van der Waals surface area contributed by atoms with Crippen molar-refractivity contribution in [3.8, 4) is 0 Å². The van der Waals surface area contributed by atoms with Crippen molar-refractivity contribution in [1.82, 2.24) is 36.0 Å². The summed E-state index contributed by atoms with van der Waals surface area (Å²) in [7, 11) is 3.48. The number of ether oxygens (including phenoxy) is 3. The van der Waals surface area contributed by atoms with Gasteiger partial charge in [0.15, 0.2) is 6.10 Å². The number of carbonyl (C=O) groups is 8. The number of likely N-dealkylation sites (N-methyl/N-ethyl adjacent to an activating group) is 1. The molecule has 0 spiro atoms. The van der Waals surface area contributed by atoms with Crippen LogP contribution in [-0.4, -0.2) is 161 Å². The highest BCUT2D eigenvalue weighted by atomic mass is 16.5. The molecule has 0 bridgehead atoms. The molecule has 2 aliphatic rings. The van der Waals surface area contributed by atoms with Gasteiger partial charge in [0, 0.05) is 84.3 Å². The van der Waals surface area contributed by atoms with Crippen LogP contribution in [0.4, 0.5) is 10.5 Å². The van der Waals surface area contributed by atoms with E-state index in [-0.39, 0.29) is 108 Å². The molecule has 0 saturated carbocycles. The highest BCUT2D eigenvalue weighted by molar-refractivity contribution is 6.02. The monoisotopic (exact) mass is 831 g/mol. The Balaban J connectivity index is 1.43. The van der Waals surface area contributed by atoms with Crippen LogP contribution in [0.15, 0.2) is 24.3 Å². The van der Waals surface area contributed by atoms with Gasteiger partial charge < -0.3 is 56.3 Å². The lowest BCUT2D eigenvalue weighted by molar-refractivity contribution is -0.144. The van der Waals surface area contributed by atoms with Crippen LogP contribution in [0.3, 0.4) is 0 Å². The van der Waals surface area contributed by atoms with E-state index in [9.17, 15) is 38.4 Å². The predicted molar refractivity (Wildman–Crippen MR) is 214 cm³/mol. The Labute approximate surface area is 344 Å². The molecule has 3 atom stereocenters. The number of piperazine rings is 1. The second-order valence-electron chi connectivity index (χ2n) is 14.7. The predicted octanol–water partition coefficient (Wildman–Crippen LogP) is -0.761. The first-order chi connectivity index (χ1) is 28.2. The smallest absolute Gasteiger partial charge is 0.312 e. The normalized spacial score (nSPS) is 16.0. The summed E-state index contributed by atoms with van der Waals surface area (Å²) in [5.41, 5.74) is 6.22. The lowest BCUT2D eigenvalue weighted by Crippen LogP contribution is -2.54. The number of likely N-dealkylation sites (tertiary alicyclic amines) is 1. The minimum Gasteiger partial charge on any atom is -0.379 e. The van der Waals surface area contributed by atoms with Gasteiger partial charge in [0.2, 0.25) is 35.4 Å². The maximum Gasteiger partial charge on any atom is 0.312 e. The molecule has 0 radical (unpaired) electrons. The number of methoxy groups -OCH3 is 1. The van der Waals surface area contributed by atoms with Crippen LogP contribution in [-0.2, 0) is 47.8 Å². The van der Waals surface area contributed by atoms with Crippen molar-refractivity contribution in [3.63, 3.8) is 0 Å². The van der Waals surface area contributed by atoms with Crippen molar-refractivity contribution >= 4 is 53.1 Å². The SMILES string of the molecule is COC(C(=O)N1CCN(C)CC1)c1ccc(NC(=O)[C@H](CCCNC(N)=O)NC(=O)[C@@H](NC(=O)CCOCCOCCNC(=O)CCN2C(=O)CCC2=O)C(C)C)cc1.